The molecule has 1 aliphatic rings. The Kier molecular flexibility index (Phi) is 7.14. The standard InChI is InChI=1S/C20H23FN2O2.ClH/c1-13(12-18(24)15-6-8-16(21)9-7-15)23-20(25)19-17-5-3-2-4-14(17)10-11-22-19;/h2-9,13,18-19,22,24H,10-12H2,1H3,(H,23,25);1H. The number of aliphatic hydroxyl groups is 1. The van der Waals surface area contributed by atoms with E-state index in [1.807, 2.05) is 25.1 Å². The average molecular weight is 379 g/mol. The molecule has 0 bridgehead atoms. The Morgan fingerprint density at radius 2 is 1.96 bits per heavy atom. The van der Waals surface area contributed by atoms with E-state index < -0.39 is 6.10 Å². The molecule has 3 unspecified atom stereocenters. The maximum Gasteiger partial charge on any atom is 0.241 e. The number of amides is 1. The third-order valence-corrected chi connectivity index (χ3v) is 4.59. The van der Waals surface area contributed by atoms with Gasteiger partial charge < -0.3 is 15.7 Å². The van der Waals surface area contributed by atoms with Gasteiger partial charge in [-0.1, -0.05) is 36.4 Å². The molecular formula is C20H24ClFN2O2. The van der Waals surface area contributed by atoms with Crippen LogP contribution in [0.15, 0.2) is 48.5 Å². The number of rotatable bonds is 5. The largest absolute Gasteiger partial charge is 0.388 e. The molecular weight excluding hydrogens is 355 g/mol. The van der Waals surface area contributed by atoms with Gasteiger partial charge in [-0.25, -0.2) is 4.39 Å². The van der Waals surface area contributed by atoms with Gasteiger partial charge in [-0.2, -0.15) is 0 Å². The molecule has 2 aromatic rings. The van der Waals surface area contributed by atoms with Gasteiger partial charge in [0.15, 0.2) is 0 Å². The summed E-state index contributed by atoms with van der Waals surface area (Å²) >= 11 is 0. The first-order chi connectivity index (χ1) is 12.0. The Bertz CT molecular complexity index is 739. The van der Waals surface area contributed by atoms with Crippen molar-refractivity contribution in [3.63, 3.8) is 0 Å². The molecule has 0 aliphatic carbocycles. The van der Waals surface area contributed by atoms with Crippen molar-refractivity contribution < 1.29 is 14.3 Å². The van der Waals surface area contributed by atoms with E-state index in [0.29, 0.717) is 12.0 Å². The van der Waals surface area contributed by atoms with E-state index in [-0.39, 0.29) is 36.2 Å². The Morgan fingerprint density at radius 1 is 1.27 bits per heavy atom. The first-order valence-electron chi connectivity index (χ1n) is 8.59. The van der Waals surface area contributed by atoms with Crippen molar-refractivity contribution in [2.75, 3.05) is 6.54 Å². The summed E-state index contributed by atoms with van der Waals surface area (Å²) in [6.45, 7) is 2.63. The molecule has 0 fully saturated rings. The molecule has 3 atom stereocenters. The lowest BCUT2D eigenvalue weighted by atomic mass is 9.93. The van der Waals surface area contributed by atoms with Crippen LogP contribution >= 0.6 is 12.4 Å². The maximum absolute atomic E-state index is 13.0. The maximum atomic E-state index is 13.0. The van der Waals surface area contributed by atoms with Crippen LogP contribution in [0.2, 0.25) is 0 Å². The Morgan fingerprint density at radius 3 is 2.69 bits per heavy atom. The van der Waals surface area contributed by atoms with Gasteiger partial charge in [-0.15, -0.1) is 12.4 Å². The molecule has 1 heterocycles. The van der Waals surface area contributed by atoms with Crippen molar-refractivity contribution >= 4 is 18.3 Å². The molecule has 0 saturated carbocycles. The predicted molar refractivity (Wildman–Crippen MR) is 102 cm³/mol. The zero-order valence-electron chi connectivity index (χ0n) is 14.6. The predicted octanol–water partition coefficient (Wildman–Crippen LogP) is 3.06. The fraction of sp³-hybridized carbons (Fsp3) is 0.350. The van der Waals surface area contributed by atoms with Crippen LogP contribution in [0, 0.1) is 5.82 Å². The van der Waals surface area contributed by atoms with Gasteiger partial charge in [-0.05, 0) is 48.6 Å². The molecule has 0 aromatic heterocycles. The molecule has 1 amide bonds. The van der Waals surface area contributed by atoms with Crippen LogP contribution in [0.25, 0.3) is 0 Å². The highest BCUT2D eigenvalue weighted by molar-refractivity contribution is 5.85. The van der Waals surface area contributed by atoms with E-state index in [9.17, 15) is 14.3 Å². The van der Waals surface area contributed by atoms with Gasteiger partial charge in [0.2, 0.25) is 5.91 Å². The summed E-state index contributed by atoms with van der Waals surface area (Å²) in [7, 11) is 0. The molecule has 2 aromatic carbocycles. The summed E-state index contributed by atoms with van der Waals surface area (Å²) in [4.78, 5) is 12.6. The average Bonchev–Trinajstić information content (AvgIpc) is 2.61. The topological polar surface area (TPSA) is 61.4 Å². The highest BCUT2D eigenvalue weighted by atomic mass is 35.5. The summed E-state index contributed by atoms with van der Waals surface area (Å²) in [6.07, 6.45) is 0.535. The smallest absolute Gasteiger partial charge is 0.241 e. The van der Waals surface area contributed by atoms with Crippen molar-refractivity contribution in [3.05, 3.63) is 71.0 Å². The summed E-state index contributed by atoms with van der Waals surface area (Å²) in [5.74, 6) is -0.426. The monoisotopic (exact) mass is 378 g/mol. The molecule has 140 valence electrons. The fourth-order valence-electron chi connectivity index (χ4n) is 3.28. The zero-order chi connectivity index (χ0) is 17.8. The SMILES string of the molecule is CC(CC(O)c1ccc(F)cc1)NC(=O)C1NCCc2ccccc21.Cl. The minimum absolute atomic E-state index is 0. The van der Waals surface area contributed by atoms with Crippen LogP contribution in [-0.4, -0.2) is 23.6 Å². The number of hydrogen-bond donors (Lipinski definition) is 3. The van der Waals surface area contributed by atoms with E-state index in [1.54, 1.807) is 12.1 Å². The summed E-state index contributed by atoms with van der Waals surface area (Å²) < 4.78 is 13.0. The lowest BCUT2D eigenvalue weighted by Gasteiger charge is -2.28. The number of carbonyl (C=O) groups is 1. The molecule has 0 radical (unpaired) electrons. The van der Waals surface area contributed by atoms with Gasteiger partial charge in [0.25, 0.3) is 0 Å². The van der Waals surface area contributed by atoms with Crippen LogP contribution in [0.4, 0.5) is 4.39 Å². The van der Waals surface area contributed by atoms with E-state index >= 15 is 0 Å². The number of benzene rings is 2. The summed E-state index contributed by atoms with van der Waals surface area (Å²) in [5.41, 5.74) is 2.85. The molecule has 3 N–H and O–H groups in total. The number of halogens is 2. The minimum Gasteiger partial charge on any atom is -0.388 e. The number of fused-ring (bicyclic) bond motifs is 1. The van der Waals surface area contributed by atoms with Crippen molar-refractivity contribution in [3.8, 4) is 0 Å². The Labute approximate surface area is 159 Å². The highest BCUT2D eigenvalue weighted by Gasteiger charge is 2.27. The van der Waals surface area contributed by atoms with Gasteiger partial charge in [0.1, 0.15) is 11.9 Å². The van der Waals surface area contributed by atoms with Crippen LogP contribution in [-0.2, 0) is 11.2 Å². The first kappa shape index (κ1) is 20.4. The molecule has 6 heteroatoms. The van der Waals surface area contributed by atoms with E-state index in [2.05, 4.69) is 16.7 Å². The number of carbonyl (C=O) groups excluding carboxylic acids is 1. The van der Waals surface area contributed by atoms with E-state index in [1.165, 1.54) is 17.7 Å². The van der Waals surface area contributed by atoms with Crippen molar-refractivity contribution in [1.29, 1.82) is 0 Å². The quantitative estimate of drug-likeness (QED) is 0.749. The molecule has 0 saturated heterocycles. The zero-order valence-corrected chi connectivity index (χ0v) is 15.4. The van der Waals surface area contributed by atoms with Crippen molar-refractivity contribution in [2.45, 2.75) is 38.0 Å². The molecule has 4 nitrogen and oxygen atoms in total. The molecule has 1 aliphatic heterocycles. The second-order valence-electron chi connectivity index (χ2n) is 6.55. The molecule has 3 rings (SSSR count). The van der Waals surface area contributed by atoms with Crippen LogP contribution in [0.5, 0.6) is 0 Å². The van der Waals surface area contributed by atoms with Crippen LogP contribution in [0.1, 0.15) is 42.2 Å². The normalized spacial score (nSPS) is 18.2. The van der Waals surface area contributed by atoms with Gasteiger partial charge >= 0.3 is 0 Å². The fourth-order valence-corrected chi connectivity index (χ4v) is 3.28. The summed E-state index contributed by atoms with van der Waals surface area (Å²) in [5, 5.41) is 16.5. The van der Waals surface area contributed by atoms with Gasteiger partial charge in [0, 0.05) is 12.6 Å². The second kappa shape index (κ2) is 9.12. The second-order valence-corrected chi connectivity index (χ2v) is 6.55. The van der Waals surface area contributed by atoms with Crippen LogP contribution in [0.3, 0.4) is 0 Å². The van der Waals surface area contributed by atoms with Crippen LogP contribution < -0.4 is 10.6 Å². The van der Waals surface area contributed by atoms with E-state index in [0.717, 1.165) is 18.5 Å². The number of nitrogens with one attached hydrogen (secondary N) is 2. The number of aliphatic hydroxyl groups excluding tert-OH is 1. The molecule has 0 spiro atoms. The van der Waals surface area contributed by atoms with Crippen molar-refractivity contribution in [1.82, 2.24) is 10.6 Å². The Hall–Kier alpha value is -1.95. The first-order valence-corrected chi connectivity index (χ1v) is 8.59. The molecule has 26 heavy (non-hydrogen) atoms. The van der Waals surface area contributed by atoms with Crippen molar-refractivity contribution in [2.24, 2.45) is 0 Å². The lowest BCUT2D eigenvalue weighted by molar-refractivity contribution is -0.124. The summed E-state index contributed by atoms with van der Waals surface area (Å²) in [6, 6.07) is 13.2. The third kappa shape index (κ3) is 4.81. The van der Waals surface area contributed by atoms with Gasteiger partial charge in [0.05, 0.1) is 6.10 Å². The highest BCUT2D eigenvalue weighted by Crippen LogP contribution is 2.24. The Balaban J connectivity index is 0.00000243. The lowest BCUT2D eigenvalue weighted by Crippen LogP contribution is -2.44. The third-order valence-electron chi connectivity index (χ3n) is 4.59. The van der Waals surface area contributed by atoms with E-state index in [4.69, 9.17) is 0 Å². The minimum atomic E-state index is -0.748. The number of hydrogen-bond acceptors (Lipinski definition) is 3. The van der Waals surface area contributed by atoms with Gasteiger partial charge in [-0.3, -0.25) is 4.79 Å².